The summed E-state index contributed by atoms with van der Waals surface area (Å²) in [4.78, 5) is 11.1. The maximum absolute atomic E-state index is 11.1. The van der Waals surface area contributed by atoms with Crippen molar-refractivity contribution in [3.63, 3.8) is 0 Å². The molecule has 1 heterocycles. The maximum atomic E-state index is 11.1. The summed E-state index contributed by atoms with van der Waals surface area (Å²) in [6.07, 6.45) is 12.5. The Labute approximate surface area is 128 Å². The lowest BCUT2D eigenvalue weighted by atomic mass is 10.1. The van der Waals surface area contributed by atoms with Gasteiger partial charge in [0, 0.05) is 12.7 Å². The fraction of sp³-hybridized carbons (Fsp3) is 0.824. The fourth-order valence-corrected chi connectivity index (χ4v) is 2.39. The number of rotatable bonds is 10. The van der Waals surface area contributed by atoms with E-state index in [1.54, 1.807) is 0 Å². The normalized spacial score (nSPS) is 20.6. The van der Waals surface area contributed by atoms with Crippen molar-refractivity contribution in [2.75, 3.05) is 13.2 Å². The molecule has 2 atom stereocenters. The molecule has 0 spiro atoms. The topological polar surface area (TPSA) is 44.8 Å². The van der Waals surface area contributed by atoms with Gasteiger partial charge in [-0.15, -0.1) is 0 Å². The summed E-state index contributed by atoms with van der Waals surface area (Å²) in [6, 6.07) is 0. The highest BCUT2D eigenvalue weighted by molar-refractivity contribution is 5.81. The second kappa shape index (κ2) is 11.8. The molecule has 21 heavy (non-hydrogen) atoms. The fourth-order valence-electron chi connectivity index (χ4n) is 2.39. The highest BCUT2D eigenvalue weighted by Gasteiger charge is 2.16. The first kappa shape index (κ1) is 18.2. The Kier molecular flexibility index (Phi) is 10.2. The Morgan fingerprint density at radius 3 is 2.90 bits per heavy atom. The molecule has 4 heteroatoms. The van der Waals surface area contributed by atoms with E-state index >= 15 is 0 Å². The zero-order chi connectivity index (χ0) is 15.3. The molecule has 0 aromatic heterocycles. The van der Waals surface area contributed by atoms with Crippen LogP contribution in [0.4, 0.5) is 0 Å². The summed E-state index contributed by atoms with van der Waals surface area (Å²) in [7, 11) is 0. The van der Waals surface area contributed by atoms with E-state index in [-0.39, 0.29) is 18.4 Å². The molecule has 1 aliphatic rings. The highest BCUT2D eigenvalue weighted by Crippen LogP contribution is 2.17. The van der Waals surface area contributed by atoms with E-state index in [0.29, 0.717) is 6.61 Å². The predicted molar refractivity (Wildman–Crippen MR) is 83.0 cm³/mol. The Balaban J connectivity index is 1.94. The van der Waals surface area contributed by atoms with Crippen molar-refractivity contribution >= 4 is 5.97 Å². The van der Waals surface area contributed by atoms with Crippen molar-refractivity contribution in [2.45, 2.75) is 77.6 Å². The first-order valence-corrected chi connectivity index (χ1v) is 8.32. The number of unbranched alkanes of at least 4 members (excludes halogenated alkanes) is 3. The monoisotopic (exact) mass is 298 g/mol. The van der Waals surface area contributed by atoms with Crippen LogP contribution < -0.4 is 0 Å². The van der Waals surface area contributed by atoms with Crippen LogP contribution in [0.1, 0.15) is 65.2 Å². The van der Waals surface area contributed by atoms with E-state index in [1.165, 1.54) is 12.5 Å². The number of hydrogen-bond acceptors (Lipinski definition) is 4. The minimum atomic E-state index is -0.244. The van der Waals surface area contributed by atoms with Crippen molar-refractivity contribution in [1.29, 1.82) is 0 Å². The third-order valence-electron chi connectivity index (χ3n) is 3.54. The van der Waals surface area contributed by atoms with Crippen molar-refractivity contribution < 1.29 is 19.0 Å². The van der Waals surface area contributed by atoms with Crippen LogP contribution in [-0.4, -0.2) is 31.6 Å². The molecule has 1 saturated heterocycles. The van der Waals surface area contributed by atoms with Gasteiger partial charge in [0.1, 0.15) is 0 Å². The van der Waals surface area contributed by atoms with Gasteiger partial charge in [0.25, 0.3) is 0 Å². The van der Waals surface area contributed by atoms with Gasteiger partial charge in [0.05, 0.1) is 12.7 Å². The summed E-state index contributed by atoms with van der Waals surface area (Å²) in [5.74, 6) is -0.244. The number of ether oxygens (including phenoxy) is 3. The summed E-state index contributed by atoms with van der Waals surface area (Å²) >= 11 is 0. The number of allylic oxidation sites excluding steroid dienone is 1. The first-order valence-electron chi connectivity index (χ1n) is 8.32. The quantitative estimate of drug-likeness (QED) is 0.347. The summed E-state index contributed by atoms with van der Waals surface area (Å²) in [6.45, 7) is 5.21. The number of carbonyl (C=O) groups excluding carboxylic acids is 1. The van der Waals surface area contributed by atoms with Gasteiger partial charge in [0.2, 0.25) is 0 Å². The molecule has 0 saturated carbocycles. The van der Waals surface area contributed by atoms with E-state index < -0.39 is 0 Å². The average Bonchev–Trinajstić information content (AvgIpc) is 2.47. The molecule has 0 radical (unpaired) electrons. The van der Waals surface area contributed by atoms with Gasteiger partial charge in [-0.3, -0.25) is 0 Å². The van der Waals surface area contributed by atoms with Gasteiger partial charge in [-0.05, 0) is 52.4 Å². The lowest BCUT2D eigenvalue weighted by molar-refractivity contribution is -0.185. The number of carbonyl (C=O) groups is 1. The average molecular weight is 298 g/mol. The molecule has 4 nitrogen and oxygen atoms in total. The zero-order valence-electron chi connectivity index (χ0n) is 13.5. The molecule has 1 rings (SSSR count). The van der Waals surface area contributed by atoms with Crippen LogP contribution in [0.25, 0.3) is 0 Å². The summed E-state index contributed by atoms with van der Waals surface area (Å²) < 4.78 is 16.3. The molecule has 0 aliphatic carbocycles. The van der Waals surface area contributed by atoms with Gasteiger partial charge in [-0.2, -0.15) is 0 Å². The summed E-state index contributed by atoms with van der Waals surface area (Å²) in [5.41, 5.74) is 0. The molecule has 1 aliphatic heterocycles. The predicted octanol–water partition coefficient (Wildman–Crippen LogP) is 3.99. The van der Waals surface area contributed by atoms with E-state index in [0.717, 1.165) is 51.6 Å². The Bertz CT molecular complexity index is 295. The molecule has 0 aromatic rings. The lowest BCUT2D eigenvalue weighted by Crippen LogP contribution is -2.26. The number of hydrogen-bond donors (Lipinski definition) is 0. The van der Waals surface area contributed by atoms with Crippen molar-refractivity contribution in [3.8, 4) is 0 Å². The van der Waals surface area contributed by atoms with Gasteiger partial charge in [-0.1, -0.05) is 18.9 Å². The van der Waals surface area contributed by atoms with E-state index in [9.17, 15) is 4.79 Å². The second-order valence-electron chi connectivity index (χ2n) is 5.54. The molecule has 0 aromatic carbocycles. The van der Waals surface area contributed by atoms with Gasteiger partial charge < -0.3 is 14.2 Å². The number of esters is 1. The highest BCUT2D eigenvalue weighted by atomic mass is 16.7. The minimum Gasteiger partial charge on any atom is -0.463 e. The van der Waals surface area contributed by atoms with Gasteiger partial charge >= 0.3 is 5.97 Å². The molecule has 0 bridgehead atoms. The molecule has 1 unspecified atom stereocenters. The Morgan fingerprint density at radius 1 is 1.33 bits per heavy atom. The smallest absolute Gasteiger partial charge is 0.330 e. The summed E-state index contributed by atoms with van der Waals surface area (Å²) in [5, 5.41) is 0. The van der Waals surface area contributed by atoms with Crippen molar-refractivity contribution in [1.82, 2.24) is 0 Å². The van der Waals surface area contributed by atoms with Crippen LogP contribution in [0.5, 0.6) is 0 Å². The Morgan fingerprint density at radius 2 is 2.19 bits per heavy atom. The van der Waals surface area contributed by atoms with E-state index in [4.69, 9.17) is 14.2 Å². The Hall–Kier alpha value is -0.870. The molecular formula is C17H30O4. The zero-order valence-corrected chi connectivity index (χ0v) is 13.5. The van der Waals surface area contributed by atoms with Crippen molar-refractivity contribution in [2.24, 2.45) is 0 Å². The van der Waals surface area contributed by atoms with Crippen LogP contribution in [0.3, 0.4) is 0 Å². The van der Waals surface area contributed by atoms with Crippen LogP contribution in [-0.2, 0) is 19.0 Å². The first-order chi connectivity index (χ1) is 10.2. The van der Waals surface area contributed by atoms with Crippen LogP contribution in [0.15, 0.2) is 12.2 Å². The third-order valence-corrected chi connectivity index (χ3v) is 3.54. The molecule has 1 fully saturated rings. The molecule has 0 N–H and O–H groups in total. The molecule has 122 valence electrons. The van der Waals surface area contributed by atoms with E-state index in [1.807, 2.05) is 13.0 Å². The third kappa shape index (κ3) is 9.64. The lowest BCUT2D eigenvalue weighted by Gasteiger charge is -2.26. The van der Waals surface area contributed by atoms with Crippen molar-refractivity contribution in [3.05, 3.63) is 12.2 Å². The van der Waals surface area contributed by atoms with Gasteiger partial charge in [0.15, 0.2) is 6.29 Å². The van der Waals surface area contributed by atoms with Crippen LogP contribution >= 0.6 is 0 Å². The van der Waals surface area contributed by atoms with Gasteiger partial charge in [-0.25, -0.2) is 4.79 Å². The van der Waals surface area contributed by atoms with Crippen LogP contribution in [0.2, 0.25) is 0 Å². The standard InChI is InChI=1S/C17H30O4/c1-3-19-16(18)12-8-6-4-5-7-11-15(2)21-17-13-9-10-14-20-17/h8,12,15,17H,3-7,9-11,13-14H2,1-2H3/b12-8+/t15-,17?/m0/s1. The SMILES string of the molecule is CCOC(=O)/C=C/CCCCC[C@H](C)OC1CCCCO1. The minimum absolute atomic E-state index is 0.0151. The maximum Gasteiger partial charge on any atom is 0.330 e. The van der Waals surface area contributed by atoms with Crippen LogP contribution in [0, 0.1) is 0 Å². The second-order valence-corrected chi connectivity index (χ2v) is 5.54. The van der Waals surface area contributed by atoms with E-state index in [2.05, 4.69) is 6.92 Å². The largest absolute Gasteiger partial charge is 0.463 e. The molecule has 0 amide bonds. The molecular weight excluding hydrogens is 268 g/mol.